The van der Waals surface area contributed by atoms with Gasteiger partial charge in [0.05, 0.1) is 13.2 Å². The fourth-order valence-corrected chi connectivity index (χ4v) is 3.90. The molecule has 0 radical (unpaired) electrons. The quantitative estimate of drug-likeness (QED) is 0.891. The number of carbonyl (C=O) groups excluding carboxylic acids is 1. The molecule has 1 saturated heterocycles. The largest absolute Gasteiger partial charge is 0.490 e. The summed E-state index contributed by atoms with van der Waals surface area (Å²) >= 11 is 0. The maximum Gasteiger partial charge on any atom is 0.226 e. The predicted molar refractivity (Wildman–Crippen MR) is 98.1 cm³/mol. The highest BCUT2D eigenvalue weighted by Gasteiger charge is 2.30. The smallest absolute Gasteiger partial charge is 0.226 e. The standard InChI is InChI=1S/C20H30N2O3/c1-4-24-18-11-15-7-9-22(13-17(15)12-19(18)25-5-2)20(23)16-6-8-21-14(3)10-16/h11-12,14,16,21H,4-10,13H2,1-3H3/t14-,16-/m0/s1. The second kappa shape index (κ2) is 8.09. The molecule has 0 aliphatic carbocycles. The van der Waals surface area contributed by atoms with E-state index in [0.717, 1.165) is 43.9 Å². The van der Waals surface area contributed by atoms with Gasteiger partial charge in [-0.1, -0.05) is 0 Å². The van der Waals surface area contributed by atoms with Crippen LogP contribution in [-0.4, -0.2) is 43.2 Å². The molecule has 2 aliphatic rings. The molecule has 5 nitrogen and oxygen atoms in total. The Balaban J connectivity index is 1.75. The van der Waals surface area contributed by atoms with E-state index in [0.29, 0.717) is 31.7 Å². The number of amides is 1. The van der Waals surface area contributed by atoms with Crippen LogP contribution in [0.5, 0.6) is 11.5 Å². The fraction of sp³-hybridized carbons (Fsp3) is 0.650. The summed E-state index contributed by atoms with van der Waals surface area (Å²) in [5.74, 6) is 2.07. The van der Waals surface area contributed by atoms with Crippen molar-refractivity contribution in [3.8, 4) is 11.5 Å². The van der Waals surface area contributed by atoms with E-state index in [-0.39, 0.29) is 5.92 Å². The van der Waals surface area contributed by atoms with Crippen LogP contribution in [0.3, 0.4) is 0 Å². The van der Waals surface area contributed by atoms with Gasteiger partial charge >= 0.3 is 0 Å². The minimum Gasteiger partial charge on any atom is -0.490 e. The number of rotatable bonds is 5. The topological polar surface area (TPSA) is 50.8 Å². The normalized spacial score (nSPS) is 23.1. The maximum atomic E-state index is 12.9. The highest BCUT2D eigenvalue weighted by Crippen LogP contribution is 2.34. The molecular weight excluding hydrogens is 316 g/mol. The minimum absolute atomic E-state index is 0.159. The van der Waals surface area contributed by atoms with E-state index in [1.54, 1.807) is 0 Å². The van der Waals surface area contributed by atoms with Gasteiger partial charge in [-0.15, -0.1) is 0 Å². The van der Waals surface area contributed by atoms with Crippen LogP contribution >= 0.6 is 0 Å². The van der Waals surface area contributed by atoms with Crippen LogP contribution in [0.15, 0.2) is 12.1 Å². The Labute approximate surface area is 150 Å². The number of nitrogens with one attached hydrogen (secondary N) is 1. The molecule has 0 unspecified atom stereocenters. The lowest BCUT2D eigenvalue weighted by Crippen LogP contribution is -2.45. The molecule has 1 N–H and O–H groups in total. The van der Waals surface area contributed by atoms with Crippen LogP contribution in [0.1, 0.15) is 44.7 Å². The molecule has 2 atom stereocenters. The fourth-order valence-electron chi connectivity index (χ4n) is 3.90. The number of fused-ring (bicyclic) bond motifs is 1. The zero-order chi connectivity index (χ0) is 17.8. The average Bonchev–Trinajstić information content (AvgIpc) is 2.61. The van der Waals surface area contributed by atoms with Crippen molar-refractivity contribution in [3.63, 3.8) is 0 Å². The molecule has 3 rings (SSSR count). The Bertz CT molecular complexity index is 617. The molecular formula is C20H30N2O3. The van der Waals surface area contributed by atoms with Gasteiger partial charge in [-0.25, -0.2) is 0 Å². The van der Waals surface area contributed by atoms with E-state index in [1.807, 2.05) is 18.7 Å². The first kappa shape index (κ1) is 18.1. The molecule has 1 aromatic carbocycles. The number of benzene rings is 1. The van der Waals surface area contributed by atoms with Gasteiger partial charge in [0.2, 0.25) is 5.91 Å². The molecule has 0 aromatic heterocycles. The van der Waals surface area contributed by atoms with Crippen LogP contribution in [-0.2, 0) is 17.8 Å². The van der Waals surface area contributed by atoms with Gasteiger partial charge in [0, 0.05) is 25.0 Å². The third kappa shape index (κ3) is 4.09. The summed E-state index contributed by atoms with van der Waals surface area (Å²) in [6, 6.07) is 4.59. The van der Waals surface area contributed by atoms with Crippen LogP contribution < -0.4 is 14.8 Å². The van der Waals surface area contributed by atoms with Crippen molar-refractivity contribution >= 4 is 5.91 Å². The van der Waals surface area contributed by atoms with Crippen LogP contribution in [0, 0.1) is 5.92 Å². The van der Waals surface area contributed by atoms with Crippen molar-refractivity contribution in [2.75, 3.05) is 26.3 Å². The number of piperidine rings is 1. The lowest BCUT2D eigenvalue weighted by atomic mass is 9.90. The maximum absolute atomic E-state index is 12.9. The van der Waals surface area contributed by atoms with Crippen molar-refractivity contribution in [2.45, 2.75) is 52.6 Å². The van der Waals surface area contributed by atoms with Crippen molar-refractivity contribution < 1.29 is 14.3 Å². The molecule has 1 aromatic rings. The summed E-state index contributed by atoms with van der Waals surface area (Å²) < 4.78 is 11.5. The van der Waals surface area contributed by atoms with Crippen molar-refractivity contribution in [3.05, 3.63) is 23.3 Å². The lowest BCUT2D eigenvalue weighted by molar-refractivity contribution is -0.137. The third-order valence-corrected chi connectivity index (χ3v) is 5.16. The molecule has 0 bridgehead atoms. The Kier molecular flexibility index (Phi) is 5.84. The second-order valence-electron chi connectivity index (χ2n) is 7.02. The lowest BCUT2D eigenvalue weighted by Gasteiger charge is -2.35. The monoisotopic (exact) mass is 346 g/mol. The van der Waals surface area contributed by atoms with Gasteiger partial charge in [0.1, 0.15) is 0 Å². The van der Waals surface area contributed by atoms with E-state index >= 15 is 0 Å². The number of hydrogen-bond acceptors (Lipinski definition) is 4. The number of carbonyl (C=O) groups is 1. The molecule has 2 aliphatic heterocycles. The first-order chi connectivity index (χ1) is 12.1. The van der Waals surface area contributed by atoms with E-state index in [4.69, 9.17) is 9.47 Å². The average molecular weight is 346 g/mol. The Morgan fingerprint density at radius 2 is 1.88 bits per heavy atom. The highest BCUT2D eigenvalue weighted by atomic mass is 16.5. The summed E-state index contributed by atoms with van der Waals surface area (Å²) in [6.07, 6.45) is 2.77. The number of hydrogen-bond donors (Lipinski definition) is 1. The SMILES string of the molecule is CCOc1cc2c(cc1OCC)CN(C(=O)[C@H]1CCN[C@@H](C)C1)CC2. The van der Waals surface area contributed by atoms with Crippen LogP contribution in [0.25, 0.3) is 0 Å². The first-order valence-electron chi connectivity index (χ1n) is 9.55. The summed E-state index contributed by atoms with van der Waals surface area (Å²) in [5, 5.41) is 3.42. The highest BCUT2D eigenvalue weighted by molar-refractivity contribution is 5.79. The Hall–Kier alpha value is -1.75. The Morgan fingerprint density at radius 1 is 1.20 bits per heavy atom. The van der Waals surface area contributed by atoms with Crippen molar-refractivity contribution in [1.82, 2.24) is 10.2 Å². The molecule has 5 heteroatoms. The molecule has 0 spiro atoms. The van der Waals surface area contributed by atoms with Gasteiger partial charge in [0.15, 0.2) is 11.5 Å². The molecule has 2 heterocycles. The summed E-state index contributed by atoms with van der Waals surface area (Å²) in [6.45, 7) is 9.76. The first-order valence-corrected chi connectivity index (χ1v) is 9.55. The molecule has 1 amide bonds. The summed E-state index contributed by atoms with van der Waals surface area (Å²) in [7, 11) is 0. The van der Waals surface area contributed by atoms with Gasteiger partial charge in [-0.3, -0.25) is 4.79 Å². The zero-order valence-electron chi connectivity index (χ0n) is 15.6. The van der Waals surface area contributed by atoms with Crippen molar-refractivity contribution in [1.29, 1.82) is 0 Å². The van der Waals surface area contributed by atoms with Crippen LogP contribution in [0.4, 0.5) is 0 Å². The third-order valence-electron chi connectivity index (χ3n) is 5.16. The van der Waals surface area contributed by atoms with Gasteiger partial charge in [-0.2, -0.15) is 0 Å². The molecule has 138 valence electrons. The number of nitrogens with zero attached hydrogens (tertiary/aromatic N) is 1. The molecule has 1 fully saturated rings. The second-order valence-corrected chi connectivity index (χ2v) is 7.02. The molecule has 0 saturated carbocycles. The summed E-state index contributed by atoms with van der Waals surface area (Å²) in [4.78, 5) is 15.0. The van der Waals surface area contributed by atoms with E-state index in [2.05, 4.69) is 24.4 Å². The van der Waals surface area contributed by atoms with E-state index in [1.165, 1.54) is 11.1 Å². The van der Waals surface area contributed by atoms with Gasteiger partial charge in [0.25, 0.3) is 0 Å². The predicted octanol–water partition coefficient (Wildman–Crippen LogP) is 2.76. The van der Waals surface area contributed by atoms with E-state index < -0.39 is 0 Å². The zero-order valence-corrected chi connectivity index (χ0v) is 15.6. The Morgan fingerprint density at radius 3 is 2.52 bits per heavy atom. The summed E-state index contributed by atoms with van der Waals surface area (Å²) in [5.41, 5.74) is 2.46. The van der Waals surface area contributed by atoms with Crippen molar-refractivity contribution in [2.24, 2.45) is 5.92 Å². The van der Waals surface area contributed by atoms with E-state index in [9.17, 15) is 4.79 Å². The molecule has 25 heavy (non-hydrogen) atoms. The minimum atomic E-state index is 0.159. The van der Waals surface area contributed by atoms with Crippen LogP contribution in [0.2, 0.25) is 0 Å². The number of ether oxygens (including phenoxy) is 2. The van der Waals surface area contributed by atoms with Gasteiger partial charge in [-0.05, 0) is 69.8 Å². The van der Waals surface area contributed by atoms with Gasteiger partial charge < -0.3 is 19.7 Å².